The van der Waals surface area contributed by atoms with E-state index in [0.717, 1.165) is 4.47 Å². The summed E-state index contributed by atoms with van der Waals surface area (Å²) in [7, 11) is 0. The quantitative estimate of drug-likeness (QED) is 0.519. The molecule has 0 atom stereocenters. The van der Waals surface area contributed by atoms with Crippen LogP contribution in [0.15, 0.2) is 28.7 Å². The average Bonchev–Trinajstić information content (AvgIpc) is 1.88. The molecule has 1 aromatic carbocycles. The summed E-state index contributed by atoms with van der Waals surface area (Å²) in [5.74, 6) is 0. The second kappa shape index (κ2) is 2.79. The zero-order valence-electron chi connectivity index (χ0n) is 4.95. The predicted molar refractivity (Wildman–Crippen MR) is 40.8 cm³/mol. The van der Waals surface area contributed by atoms with Crippen molar-refractivity contribution in [3.8, 4) is 0 Å². The molecule has 1 rings (SSSR count). The lowest BCUT2D eigenvalue weighted by Gasteiger charge is -1.88. The van der Waals surface area contributed by atoms with Gasteiger partial charge in [0.25, 0.3) is 5.69 Å². The molecule has 0 saturated carbocycles. The fourth-order valence-electron chi connectivity index (χ4n) is 0.563. The van der Waals surface area contributed by atoms with Crippen LogP contribution in [0.25, 0.3) is 0 Å². The maximum atomic E-state index is 10.1. The number of hydrogen-bond acceptors (Lipinski definition) is 2. The molecule has 0 aliphatic carbocycles. The van der Waals surface area contributed by atoms with Crippen molar-refractivity contribution in [1.29, 1.82) is 0 Å². The van der Waals surface area contributed by atoms with Gasteiger partial charge in [0.1, 0.15) is 0 Å². The minimum atomic E-state index is -0.424. The van der Waals surface area contributed by atoms with Gasteiger partial charge in [0, 0.05) is 16.6 Å². The molecular formula is C6H4BrNO2. The van der Waals surface area contributed by atoms with Crippen LogP contribution in [-0.4, -0.2) is 4.92 Å². The second-order valence-electron chi connectivity index (χ2n) is 1.73. The molecule has 0 fully saturated rings. The lowest BCUT2D eigenvalue weighted by Crippen LogP contribution is -1.85. The molecule has 0 saturated heterocycles. The molecule has 0 aromatic heterocycles. The summed E-state index contributed by atoms with van der Waals surface area (Å²) in [6.07, 6.45) is 0. The first-order chi connectivity index (χ1) is 4.70. The van der Waals surface area contributed by atoms with E-state index in [-0.39, 0.29) is 5.69 Å². The maximum absolute atomic E-state index is 10.1. The van der Waals surface area contributed by atoms with Gasteiger partial charge in [-0.05, 0) is 12.1 Å². The van der Waals surface area contributed by atoms with Gasteiger partial charge in [-0.2, -0.15) is 0 Å². The number of nitro groups is 1. The van der Waals surface area contributed by atoms with Crippen molar-refractivity contribution in [2.45, 2.75) is 0 Å². The van der Waals surface area contributed by atoms with E-state index in [0.29, 0.717) is 0 Å². The van der Waals surface area contributed by atoms with Gasteiger partial charge >= 0.3 is 0 Å². The van der Waals surface area contributed by atoms with Crippen molar-refractivity contribution in [3.05, 3.63) is 38.9 Å². The standard InChI is InChI=1S/C6H4BrNO2/c7-5-1-3-6(4-2-5)8(9)10/h1-4H/i5+1. The number of halogens is 1. The SMILES string of the molecule is O=[N+]([O-])c1cc[13c](Br)cc1. The number of hydrogen-bond donors (Lipinski definition) is 0. The van der Waals surface area contributed by atoms with Gasteiger partial charge in [-0.3, -0.25) is 10.1 Å². The highest BCUT2D eigenvalue weighted by atomic mass is 79.9. The molecule has 52 valence electrons. The molecule has 0 aliphatic heterocycles. The van der Waals surface area contributed by atoms with Crippen LogP contribution in [0.4, 0.5) is 5.69 Å². The Morgan fingerprint density at radius 1 is 1.30 bits per heavy atom. The zero-order chi connectivity index (χ0) is 7.56. The lowest BCUT2D eigenvalue weighted by atomic mass is 10.4. The van der Waals surface area contributed by atoms with Crippen molar-refractivity contribution in [3.63, 3.8) is 0 Å². The third kappa shape index (κ3) is 1.54. The number of rotatable bonds is 1. The molecule has 10 heavy (non-hydrogen) atoms. The van der Waals surface area contributed by atoms with Crippen molar-refractivity contribution in [2.24, 2.45) is 0 Å². The van der Waals surface area contributed by atoms with Crippen LogP contribution in [0.5, 0.6) is 0 Å². The summed E-state index contributed by atoms with van der Waals surface area (Å²) >= 11 is 3.17. The van der Waals surface area contributed by atoms with Crippen LogP contribution >= 0.6 is 15.9 Å². The van der Waals surface area contributed by atoms with E-state index in [4.69, 9.17) is 0 Å². The lowest BCUT2D eigenvalue weighted by molar-refractivity contribution is -0.384. The summed E-state index contributed by atoms with van der Waals surface area (Å²) in [5.41, 5.74) is 0.114. The van der Waals surface area contributed by atoms with Gasteiger partial charge in [-0.1, -0.05) is 15.9 Å². The Kier molecular flexibility index (Phi) is 2.01. The second-order valence-corrected chi connectivity index (χ2v) is 2.65. The van der Waals surface area contributed by atoms with E-state index >= 15 is 0 Å². The van der Waals surface area contributed by atoms with Gasteiger partial charge in [0.15, 0.2) is 0 Å². The molecule has 4 heteroatoms. The minimum Gasteiger partial charge on any atom is -0.258 e. The Bertz CT molecular complexity index is 244. The van der Waals surface area contributed by atoms with Crippen LogP contribution in [0, 0.1) is 10.1 Å². The molecule has 0 N–H and O–H groups in total. The van der Waals surface area contributed by atoms with E-state index in [9.17, 15) is 10.1 Å². The zero-order valence-corrected chi connectivity index (χ0v) is 6.54. The first-order valence-electron chi connectivity index (χ1n) is 2.60. The summed E-state index contributed by atoms with van der Waals surface area (Å²) in [6.45, 7) is 0. The maximum Gasteiger partial charge on any atom is 0.269 e. The predicted octanol–water partition coefficient (Wildman–Crippen LogP) is 2.36. The van der Waals surface area contributed by atoms with Gasteiger partial charge in [0.05, 0.1) is 4.92 Å². The van der Waals surface area contributed by atoms with Crippen LogP contribution in [0.2, 0.25) is 0 Å². The van der Waals surface area contributed by atoms with Crippen LogP contribution in [0.1, 0.15) is 0 Å². The van der Waals surface area contributed by atoms with Gasteiger partial charge < -0.3 is 0 Å². The smallest absolute Gasteiger partial charge is 0.258 e. The van der Waals surface area contributed by atoms with Gasteiger partial charge in [0.2, 0.25) is 0 Å². The fourth-order valence-corrected chi connectivity index (χ4v) is 0.827. The monoisotopic (exact) mass is 202 g/mol. The molecule has 0 unspecified atom stereocenters. The Morgan fingerprint density at radius 2 is 1.80 bits per heavy atom. The van der Waals surface area contributed by atoms with E-state index in [2.05, 4.69) is 15.9 Å². The Balaban J connectivity index is 3.00. The summed E-state index contributed by atoms with van der Waals surface area (Å²) in [4.78, 5) is 9.68. The Labute approximate surface area is 66.0 Å². The highest BCUT2D eigenvalue weighted by Gasteiger charge is 2.01. The van der Waals surface area contributed by atoms with Gasteiger partial charge in [-0.15, -0.1) is 0 Å². The summed E-state index contributed by atoms with van der Waals surface area (Å²) in [6, 6.07) is 6.17. The van der Waals surface area contributed by atoms with Crippen LogP contribution in [-0.2, 0) is 0 Å². The summed E-state index contributed by atoms with van der Waals surface area (Å²) < 4.78 is 0.845. The molecule has 0 amide bonds. The fraction of sp³-hybridized carbons (Fsp3) is 0. The third-order valence-electron chi connectivity index (χ3n) is 1.04. The van der Waals surface area contributed by atoms with Gasteiger partial charge in [-0.25, -0.2) is 0 Å². The Morgan fingerprint density at radius 3 is 2.20 bits per heavy atom. The first kappa shape index (κ1) is 7.21. The van der Waals surface area contributed by atoms with Crippen molar-refractivity contribution in [1.82, 2.24) is 0 Å². The molecule has 0 spiro atoms. The van der Waals surface area contributed by atoms with Crippen molar-refractivity contribution >= 4 is 21.6 Å². The molecule has 0 heterocycles. The number of benzene rings is 1. The van der Waals surface area contributed by atoms with Crippen molar-refractivity contribution in [2.75, 3.05) is 0 Å². The van der Waals surface area contributed by atoms with E-state index in [1.165, 1.54) is 12.1 Å². The summed E-state index contributed by atoms with van der Waals surface area (Å²) in [5, 5.41) is 10.1. The highest BCUT2D eigenvalue weighted by molar-refractivity contribution is 9.10. The van der Waals surface area contributed by atoms with E-state index in [1.807, 2.05) is 0 Å². The normalized spacial score (nSPS) is 9.30. The largest absolute Gasteiger partial charge is 0.269 e. The third-order valence-corrected chi connectivity index (χ3v) is 1.57. The molecular weight excluding hydrogens is 199 g/mol. The van der Waals surface area contributed by atoms with Crippen LogP contribution < -0.4 is 0 Å². The van der Waals surface area contributed by atoms with Crippen molar-refractivity contribution < 1.29 is 4.92 Å². The molecule has 0 aliphatic rings. The highest BCUT2D eigenvalue weighted by Crippen LogP contribution is 2.15. The van der Waals surface area contributed by atoms with Crippen LogP contribution in [0.3, 0.4) is 0 Å². The molecule has 1 aromatic rings. The molecule has 0 bridgehead atoms. The first-order valence-corrected chi connectivity index (χ1v) is 3.39. The molecule has 0 radical (unpaired) electrons. The topological polar surface area (TPSA) is 43.1 Å². The Hall–Kier alpha value is -0.900. The number of nitro benzene ring substituents is 1. The van der Waals surface area contributed by atoms with E-state index in [1.54, 1.807) is 12.1 Å². The average molecular weight is 203 g/mol. The minimum absolute atomic E-state index is 0.114. The molecule has 3 nitrogen and oxygen atoms in total. The number of nitrogens with zero attached hydrogens (tertiary/aromatic N) is 1. The number of non-ortho nitro benzene ring substituents is 1. The van der Waals surface area contributed by atoms with E-state index < -0.39 is 4.92 Å².